The molecule has 1 aliphatic carbocycles. The van der Waals surface area contributed by atoms with E-state index in [1.165, 1.54) is 4.80 Å². The van der Waals surface area contributed by atoms with Crippen LogP contribution in [-0.4, -0.2) is 38.8 Å². The maximum atomic E-state index is 12.2. The van der Waals surface area contributed by atoms with E-state index < -0.39 is 0 Å². The first-order chi connectivity index (χ1) is 11.1. The van der Waals surface area contributed by atoms with E-state index in [2.05, 4.69) is 20.8 Å². The van der Waals surface area contributed by atoms with Gasteiger partial charge in [0.15, 0.2) is 0 Å². The zero-order valence-corrected chi connectivity index (χ0v) is 13.1. The van der Waals surface area contributed by atoms with Gasteiger partial charge in [0.25, 0.3) is 0 Å². The van der Waals surface area contributed by atoms with Crippen molar-refractivity contribution in [2.75, 3.05) is 11.9 Å². The number of nitrogens with one attached hydrogen (secondary N) is 2. The molecule has 1 aliphatic rings. The van der Waals surface area contributed by atoms with Crippen molar-refractivity contribution in [2.45, 2.75) is 32.2 Å². The number of amides is 2. The van der Waals surface area contributed by atoms with Crippen LogP contribution in [0.2, 0.25) is 0 Å². The standard InChI is InChI=1S/C16H21N5O2/c1-16(11-22)8-2-3-14(16)20-15(23)19-12-4-6-13(7-5-12)21-17-9-10-18-21/h4-7,9-10,14,22H,2-3,8,11H2,1H3,(H2,19,20,23). The first-order valence-electron chi connectivity index (χ1n) is 7.76. The highest BCUT2D eigenvalue weighted by molar-refractivity contribution is 5.89. The number of benzene rings is 1. The minimum absolute atomic E-state index is 0.0000440. The zero-order valence-electron chi connectivity index (χ0n) is 13.1. The van der Waals surface area contributed by atoms with E-state index in [1.807, 2.05) is 19.1 Å². The van der Waals surface area contributed by atoms with Gasteiger partial charge < -0.3 is 15.7 Å². The Morgan fingerprint density at radius 3 is 2.70 bits per heavy atom. The summed E-state index contributed by atoms with van der Waals surface area (Å²) in [5, 5.41) is 23.4. The van der Waals surface area contributed by atoms with Gasteiger partial charge >= 0.3 is 6.03 Å². The van der Waals surface area contributed by atoms with Crippen molar-refractivity contribution in [1.82, 2.24) is 20.3 Å². The van der Waals surface area contributed by atoms with Crippen molar-refractivity contribution in [2.24, 2.45) is 5.41 Å². The second-order valence-electron chi connectivity index (χ2n) is 6.22. The van der Waals surface area contributed by atoms with Crippen LogP contribution in [0.3, 0.4) is 0 Å². The van der Waals surface area contributed by atoms with Crippen molar-refractivity contribution in [3.05, 3.63) is 36.7 Å². The van der Waals surface area contributed by atoms with Gasteiger partial charge in [0.2, 0.25) is 0 Å². The lowest BCUT2D eigenvalue weighted by Gasteiger charge is -2.30. The number of aliphatic hydroxyl groups excluding tert-OH is 1. The average molecular weight is 315 g/mol. The molecule has 0 saturated heterocycles. The smallest absolute Gasteiger partial charge is 0.319 e. The molecule has 1 saturated carbocycles. The van der Waals surface area contributed by atoms with Crippen LogP contribution in [0, 0.1) is 5.41 Å². The Kier molecular flexibility index (Phi) is 4.29. The van der Waals surface area contributed by atoms with Gasteiger partial charge in [0.05, 0.1) is 24.7 Å². The maximum absolute atomic E-state index is 12.2. The Hall–Kier alpha value is -2.41. The molecule has 3 rings (SSSR count). The molecule has 2 atom stereocenters. The molecular formula is C16H21N5O2. The third-order valence-electron chi connectivity index (χ3n) is 4.52. The molecule has 2 aromatic rings. The lowest BCUT2D eigenvalue weighted by atomic mass is 9.86. The molecular weight excluding hydrogens is 294 g/mol. The number of carbonyl (C=O) groups is 1. The molecule has 7 nitrogen and oxygen atoms in total. The normalized spacial score (nSPS) is 23.7. The number of carbonyl (C=O) groups excluding carboxylic acids is 1. The van der Waals surface area contributed by atoms with E-state index in [9.17, 15) is 9.90 Å². The van der Waals surface area contributed by atoms with Gasteiger partial charge in [0.1, 0.15) is 0 Å². The van der Waals surface area contributed by atoms with E-state index in [4.69, 9.17) is 0 Å². The van der Waals surface area contributed by atoms with Gasteiger partial charge in [0, 0.05) is 17.1 Å². The lowest BCUT2D eigenvalue weighted by molar-refractivity contribution is 0.122. The number of aliphatic hydroxyl groups is 1. The topological polar surface area (TPSA) is 92.1 Å². The Bertz CT molecular complexity index is 656. The summed E-state index contributed by atoms with van der Waals surface area (Å²) in [5.74, 6) is 0. The molecule has 0 aliphatic heterocycles. The second kappa shape index (κ2) is 6.37. The van der Waals surface area contributed by atoms with Gasteiger partial charge in [-0.25, -0.2) is 4.79 Å². The van der Waals surface area contributed by atoms with E-state index in [0.29, 0.717) is 5.69 Å². The van der Waals surface area contributed by atoms with Crippen LogP contribution in [0.1, 0.15) is 26.2 Å². The summed E-state index contributed by atoms with van der Waals surface area (Å²) in [6.07, 6.45) is 6.07. The molecule has 7 heteroatoms. The van der Waals surface area contributed by atoms with Crippen LogP contribution < -0.4 is 10.6 Å². The molecule has 1 heterocycles. The maximum Gasteiger partial charge on any atom is 0.319 e. The third-order valence-corrected chi connectivity index (χ3v) is 4.52. The number of aromatic nitrogens is 3. The fourth-order valence-corrected chi connectivity index (χ4v) is 3.02. The Labute approximate surface area is 134 Å². The molecule has 0 radical (unpaired) electrons. The predicted octanol–water partition coefficient (Wildman–Crippen LogP) is 1.94. The number of nitrogens with zero attached hydrogens (tertiary/aromatic N) is 3. The predicted molar refractivity (Wildman–Crippen MR) is 86.3 cm³/mol. The zero-order chi connectivity index (χ0) is 16.3. The third kappa shape index (κ3) is 3.34. The Balaban J connectivity index is 1.60. The number of anilines is 1. The van der Waals surface area contributed by atoms with E-state index in [-0.39, 0.29) is 24.1 Å². The second-order valence-corrected chi connectivity index (χ2v) is 6.22. The first-order valence-corrected chi connectivity index (χ1v) is 7.76. The minimum Gasteiger partial charge on any atom is -0.396 e. The van der Waals surface area contributed by atoms with Gasteiger partial charge in [-0.05, 0) is 37.1 Å². The molecule has 2 amide bonds. The van der Waals surface area contributed by atoms with Crippen LogP contribution >= 0.6 is 0 Å². The molecule has 1 fully saturated rings. The molecule has 23 heavy (non-hydrogen) atoms. The van der Waals surface area contributed by atoms with Crippen LogP contribution in [0.4, 0.5) is 10.5 Å². The van der Waals surface area contributed by atoms with E-state index in [0.717, 1.165) is 24.9 Å². The molecule has 3 N–H and O–H groups in total. The quantitative estimate of drug-likeness (QED) is 0.804. The Morgan fingerprint density at radius 1 is 1.35 bits per heavy atom. The summed E-state index contributed by atoms with van der Waals surface area (Å²) in [6, 6.07) is 7.03. The summed E-state index contributed by atoms with van der Waals surface area (Å²) < 4.78 is 0. The molecule has 2 unspecified atom stereocenters. The van der Waals surface area contributed by atoms with Gasteiger partial charge in [-0.3, -0.25) is 0 Å². The highest BCUT2D eigenvalue weighted by Crippen LogP contribution is 2.37. The summed E-state index contributed by atoms with van der Waals surface area (Å²) in [5.41, 5.74) is 1.29. The summed E-state index contributed by atoms with van der Waals surface area (Å²) >= 11 is 0. The van der Waals surface area contributed by atoms with Crippen molar-refractivity contribution in [3.63, 3.8) is 0 Å². The fraction of sp³-hybridized carbons (Fsp3) is 0.438. The van der Waals surface area contributed by atoms with Gasteiger partial charge in [-0.2, -0.15) is 15.0 Å². The Morgan fingerprint density at radius 2 is 2.04 bits per heavy atom. The number of rotatable bonds is 4. The van der Waals surface area contributed by atoms with Crippen molar-refractivity contribution < 1.29 is 9.90 Å². The number of hydrogen-bond donors (Lipinski definition) is 3. The summed E-state index contributed by atoms with van der Waals surface area (Å²) in [7, 11) is 0. The van der Waals surface area contributed by atoms with E-state index >= 15 is 0 Å². The number of urea groups is 1. The SMILES string of the molecule is CC1(CO)CCCC1NC(=O)Nc1ccc(-n2nccn2)cc1. The summed E-state index contributed by atoms with van der Waals surface area (Å²) in [6.45, 7) is 2.10. The van der Waals surface area contributed by atoms with Gasteiger partial charge in [-0.15, -0.1) is 0 Å². The largest absolute Gasteiger partial charge is 0.396 e. The van der Waals surface area contributed by atoms with Crippen molar-refractivity contribution >= 4 is 11.7 Å². The molecule has 0 bridgehead atoms. The first kappa shape index (κ1) is 15.5. The molecule has 0 spiro atoms. The highest BCUT2D eigenvalue weighted by atomic mass is 16.3. The lowest BCUT2D eigenvalue weighted by Crippen LogP contribution is -2.46. The average Bonchev–Trinajstić information content (AvgIpc) is 3.19. The fourth-order valence-electron chi connectivity index (χ4n) is 3.02. The van der Waals surface area contributed by atoms with Crippen molar-refractivity contribution in [3.8, 4) is 5.69 Å². The van der Waals surface area contributed by atoms with Crippen LogP contribution in [-0.2, 0) is 0 Å². The molecule has 122 valence electrons. The van der Waals surface area contributed by atoms with Crippen LogP contribution in [0.15, 0.2) is 36.7 Å². The van der Waals surface area contributed by atoms with Crippen LogP contribution in [0.5, 0.6) is 0 Å². The van der Waals surface area contributed by atoms with E-state index in [1.54, 1.807) is 24.5 Å². The van der Waals surface area contributed by atoms with Crippen molar-refractivity contribution in [1.29, 1.82) is 0 Å². The minimum atomic E-state index is -0.249. The highest BCUT2D eigenvalue weighted by Gasteiger charge is 2.39. The van der Waals surface area contributed by atoms with Crippen LogP contribution in [0.25, 0.3) is 5.69 Å². The molecule has 1 aromatic heterocycles. The molecule has 1 aromatic carbocycles. The monoisotopic (exact) mass is 315 g/mol. The van der Waals surface area contributed by atoms with Gasteiger partial charge in [-0.1, -0.05) is 13.3 Å². The summed E-state index contributed by atoms with van der Waals surface area (Å²) in [4.78, 5) is 13.7. The number of hydrogen-bond acceptors (Lipinski definition) is 4.